The smallest absolute Gasteiger partial charge is 0.221 e. The first kappa shape index (κ1) is 20.0. The summed E-state index contributed by atoms with van der Waals surface area (Å²) >= 11 is 0. The fourth-order valence-corrected chi connectivity index (χ4v) is 5.15. The normalized spacial score (nSPS) is 26.4. The number of nitrogens with two attached hydrogens (primary N) is 1. The van der Waals surface area contributed by atoms with Crippen LogP contribution in [-0.4, -0.2) is 11.9 Å². The third-order valence-corrected chi connectivity index (χ3v) is 6.40. The minimum absolute atomic E-state index is 0.0539. The quantitative estimate of drug-likeness (QED) is 0.684. The van der Waals surface area contributed by atoms with Crippen molar-refractivity contribution >= 4 is 11.6 Å². The Morgan fingerprint density at radius 3 is 2.83 bits per heavy atom. The first-order valence-electron chi connectivity index (χ1n) is 11.0. The highest BCUT2D eigenvalue weighted by molar-refractivity contribution is 5.88. The minimum atomic E-state index is -0.0732. The van der Waals surface area contributed by atoms with Crippen LogP contribution >= 0.6 is 0 Å². The van der Waals surface area contributed by atoms with Gasteiger partial charge in [-0.3, -0.25) is 4.79 Å². The van der Waals surface area contributed by atoms with Gasteiger partial charge in [-0.05, 0) is 54.9 Å². The lowest BCUT2D eigenvalue weighted by molar-refractivity contribution is -0.114. The van der Waals surface area contributed by atoms with Crippen molar-refractivity contribution in [3.8, 4) is 5.75 Å². The molecule has 4 heteroatoms. The van der Waals surface area contributed by atoms with Crippen LogP contribution in [0.1, 0.15) is 62.7 Å². The van der Waals surface area contributed by atoms with E-state index in [4.69, 9.17) is 10.5 Å². The van der Waals surface area contributed by atoms with Crippen molar-refractivity contribution in [2.75, 3.05) is 5.32 Å². The van der Waals surface area contributed by atoms with Gasteiger partial charge in [0.05, 0.1) is 0 Å². The number of fused-ring (bicyclic) bond motifs is 1. The summed E-state index contributed by atoms with van der Waals surface area (Å²) in [4.78, 5) is 11.4. The standard InChI is InChI=1S/C25H32N2O2/c1-17(28)27-22-10-6-11-23(16-22)29-25-20(15-19-8-3-5-12-24(19)25)13-18-7-2-4-9-21(26)14-18/h3,5-6,8,10-12,16,18,20-21,25H,2,4,7,9,13-15,26H2,1H3,(H,27,28)/t18?,20-,21-,25+/m1/s1. The molecule has 3 N–H and O–H groups in total. The third-order valence-electron chi connectivity index (χ3n) is 6.40. The molecule has 1 amide bonds. The molecule has 154 valence electrons. The molecule has 2 aromatic rings. The van der Waals surface area contributed by atoms with Crippen LogP contribution in [0.25, 0.3) is 0 Å². The van der Waals surface area contributed by atoms with Gasteiger partial charge in [0.2, 0.25) is 5.91 Å². The summed E-state index contributed by atoms with van der Waals surface area (Å²) in [6.07, 6.45) is 8.43. The number of carbonyl (C=O) groups is 1. The Balaban J connectivity index is 1.53. The molecular weight excluding hydrogens is 360 g/mol. The fraction of sp³-hybridized carbons (Fsp3) is 0.480. The first-order chi connectivity index (χ1) is 14.1. The molecule has 4 atom stereocenters. The number of anilines is 1. The predicted octanol–water partition coefficient (Wildman–Crippen LogP) is 5.24. The molecule has 0 heterocycles. The van der Waals surface area contributed by atoms with E-state index in [1.54, 1.807) is 0 Å². The number of benzene rings is 2. The second kappa shape index (κ2) is 9.00. The molecule has 0 spiro atoms. The maximum atomic E-state index is 11.4. The molecule has 2 aliphatic rings. The molecule has 4 nitrogen and oxygen atoms in total. The third kappa shape index (κ3) is 4.99. The molecule has 1 saturated carbocycles. The van der Waals surface area contributed by atoms with E-state index in [0.717, 1.165) is 30.7 Å². The lowest BCUT2D eigenvalue weighted by atomic mass is 9.85. The molecule has 2 aliphatic carbocycles. The highest BCUT2D eigenvalue weighted by atomic mass is 16.5. The molecular formula is C25H32N2O2. The van der Waals surface area contributed by atoms with E-state index in [1.807, 2.05) is 24.3 Å². The number of amides is 1. The minimum Gasteiger partial charge on any atom is -0.485 e. The number of carbonyl (C=O) groups excluding carboxylic acids is 1. The fourth-order valence-electron chi connectivity index (χ4n) is 5.15. The Kier molecular flexibility index (Phi) is 6.19. The molecule has 0 bridgehead atoms. The molecule has 0 aromatic heterocycles. The van der Waals surface area contributed by atoms with Crippen LogP contribution in [-0.2, 0) is 11.2 Å². The second-order valence-electron chi connectivity index (χ2n) is 8.79. The van der Waals surface area contributed by atoms with Gasteiger partial charge >= 0.3 is 0 Å². The summed E-state index contributed by atoms with van der Waals surface area (Å²) in [6, 6.07) is 16.7. The summed E-state index contributed by atoms with van der Waals surface area (Å²) in [7, 11) is 0. The highest BCUT2D eigenvalue weighted by Crippen LogP contribution is 2.44. The van der Waals surface area contributed by atoms with Crippen LogP contribution in [0.2, 0.25) is 0 Å². The van der Waals surface area contributed by atoms with Crippen molar-refractivity contribution in [2.45, 2.75) is 64.0 Å². The number of hydrogen-bond acceptors (Lipinski definition) is 3. The van der Waals surface area contributed by atoms with Crippen LogP contribution < -0.4 is 15.8 Å². The number of rotatable bonds is 5. The number of hydrogen-bond donors (Lipinski definition) is 2. The van der Waals surface area contributed by atoms with E-state index in [2.05, 4.69) is 29.6 Å². The highest BCUT2D eigenvalue weighted by Gasteiger charge is 2.36. The van der Waals surface area contributed by atoms with Crippen LogP contribution in [0.15, 0.2) is 48.5 Å². The lowest BCUT2D eigenvalue weighted by Gasteiger charge is -2.27. The van der Waals surface area contributed by atoms with Crippen molar-refractivity contribution in [1.82, 2.24) is 0 Å². The summed E-state index contributed by atoms with van der Waals surface area (Å²) < 4.78 is 6.55. The Morgan fingerprint density at radius 2 is 1.97 bits per heavy atom. The average molecular weight is 393 g/mol. The number of ether oxygens (including phenoxy) is 1. The summed E-state index contributed by atoms with van der Waals surface area (Å²) in [5.41, 5.74) is 9.81. The maximum Gasteiger partial charge on any atom is 0.221 e. The van der Waals surface area contributed by atoms with Crippen molar-refractivity contribution < 1.29 is 9.53 Å². The van der Waals surface area contributed by atoms with E-state index in [9.17, 15) is 4.79 Å². The molecule has 0 saturated heterocycles. The van der Waals surface area contributed by atoms with Gasteiger partial charge in [-0.25, -0.2) is 0 Å². The van der Waals surface area contributed by atoms with Gasteiger partial charge in [0.1, 0.15) is 11.9 Å². The molecule has 1 unspecified atom stereocenters. The second-order valence-corrected chi connectivity index (χ2v) is 8.79. The van der Waals surface area contributed by atoms with Crippen molar-refractivity contribution in [3.05, 3.63) is 59.7 Å². The lowest BCUT2D eigenvalue weighted by Crippen LogP contribution is -2.24. The van der Waals surface area contributed by atoms with Gasteiger partial charge in [0.25, 0.3) is 0 Å². The van der Waals surface area contributed by atoms with Crippen LogP contribution in [0.3, 0.4) is 0 Å². The topological polar surface area (TPSA) is 64.3 Å². The van der Waals surface area contributed by atoms with Gasteiger partial charge in [-0.15, -0.1) is 0 Å². The molecule has 0 radical (unpaired) electrons. The van der Waals surface area contributed by atoms with Gasteiger partial charge in [-0.1, -0.05) is 49.6 Å². The summed E-state index contributed by atoms with van der Waals surface area (Å²) in [6.45, 7) is 1.52. The molecule has 1 fully saturated rings. The Morgan fingerprint density at radius 1 is 1.14 bits per heavy atom. The first-order valence-corrected chi connectivity index (χ1v) is 11.0. The van der Waals surface area contributed by atoms with Gasteiger partial charge in [0.15, 0.2) is 0 Å². The van der Waals surface area contributed by atoms with E-state index in [0.29, 0.717) is 17.9 Å². The predicted molar refractivity (Wildman–Crippen MR) is 117 cm³/mol. The van der Waals surface area contributed by atoms with Gasteiger partial charge < -0.3 is 15.8 Å². The van der Waals surface area contributed by atoms with E-state index >= 15 is 0 Å². The number of nitrogens with one attached hydrogen (secondary N) is 1. The zero-order valence-electron chi connectivity index (χ0n) is 17.3. The molecule has 2 aromatic carbocycles. The molecule has 0 aliphatic heterocycles. The Labute approximate surface area is 173 Å². The van der Waals surface area contributed by atoms with Gasteiger partial charge in [-0.2, -0.15) is 0 Å². The van der Waals surface area contributed by atoms with Crippen molar-refractivity contribution in [2.24, 2.45) is 17.6 Å². The SMILES string of the molecule is CC(=O)Nc1cccc(O[C@@H]2c3ccccc3C[C@H]2CC2CCCC[C@@H](N)C2)c1. The van der Waals surface area contributed by atoms with E-state index < -0.39 is 0 Å². The van der Waals surface area contributed by atoms with Crippen molar-refractivity contribution in [3.63, 3.8) is 0 Å². The molecule has 29 heavy (non-hydrogen) atoms. The zero-order chi connectivity index (χ0) is 20.2. The van der Waals surface area contributed by atoms with Crippen LogP contribution in [0.4, 0.5) is 5.69 Å². The van der Waals surface area contributed by atoms with Crippen LogP contribution in [0, 0.1) is 11.8 Å². The average Bonchev–Trinajstić information content (AvgIpc) is 2.87. The Hall–Kier alpha value is -2.33. The van der Waals surface area contributed by atoms with Gasteiger partial charge in [0, 0.05) is 30.6 Å². The van der Waals surface area contributed by atoms with Crippen molar-refractivity contribution in [1.29, 1.82) is 0 Å². The van der Waals surface area contributed by atoms with Crippen LogP contribution in [0.5, 0.6) is 5.75 Å². The largest absolute Gasteiger partial charge is 0.485 e. The summed E-state index contributed by atoms with van der Waals surface area (Å²) in [5, 5.41) is 2.85. The summed E-state index contributed by atoms with van der Waals surface area (Å²) in [5.74, 6) is 1.88. The molecule has 4 rings (SSSR count). The van der Waals surface area contributed by atoms with E-state index in [-0.39, 0.29) is 12.0 Å². The Bertz CT molecular complexity index is 850. The monoisotopic (exact) mass is 392 g/mol. The van der Waals surface area contributed by atoms with E-state index in [1.165, 1.54) is 43.7 Å². The maximum absolute atomic E-state index is 11.4. The zero-order valence-corrected chi connectivity index (χ0v) is 17.3.